The predicted octanol–water partition coefficient (Wildman–Crippen LogP) is 3.41. The van der Waals surface area contributed by atoms with Crippen molar-refractivity contribution in [3.63, 3.8) is 0 Å². The number of ether oxygens (including phenoxy) is 2. The number of methoxy groups -OCH3 is 1. The summed E-state index contributed by atoms with van der Waals surface area (Å²) in [6.45, 7) is 4.67. The van der Waals surface area contributed by atoms with Crippen molar-refractivity contribution in [1.29, 1.82) is 0 Å². The molecule has 0 heterocycles. The molecule has 1 atom stereocenters. The number of nitrogen functional groups attached to an aromatic ring is 1. The summed E-state index contributed by atoms with van der Waals surface area (Å²) >= 11 is 0. The first-order chi connectivity index (χ1) is 9.94. The van der Waals surface area contributed by atoms with Crippen LogP contribution in [0.4, 0.5) is 23.7 Å². The molecule has 0 unspecified atom stereocenters. The van der Waals surface area contributed by atoms with Crippen molar-refractivity contribution < 1.29 is 27.4 Å². The Kier molecular flexibility index (Phi) is 5.16. The van der Waals surface area contributed by atoms with E-state index in [1.165, 1.54) is 19.2 Å². The molecule has 3 N–H and O–H groups in total. The molecule has 5 nitrogen and oxygen atoms in total. The summed E-state index contributed by atoms with van der Waals surface area (Å²) in [5, 5.41) is 1.82. The molecule has 1 rings (SSSR count). The van der Waals surface area contributed by atoms with E-state index in [2.05, 4.69) is 0 Å². The van der Waals surface area contributed by atoms with E-state index in [1.807, 2.05) is 5.32 Å². The Morgan fingerprint density at radius 3 is 2.32 bits per heavy atom. The van der Waals surface area contributed by atoms with Crippen LogP contribution in [0.3, 0.4) is 0 Å². The molecule has 124 valence electrons. The van der Waals surface area contributed by atoms with E-state index in [0.29, 0.717) is 0 Å². The van der Waals surface area contributed by atoms with Crippen molar-refractivity contribution >= 4 is 11.8 Å². The molecule has 1 amide bonds. The van der Waals surface area contributed by atoms with Crippen LogP contribution in [-0.2, 0) is 4.74 Å². The number of alkyl carbamates (subject to hydrolysis) is 1. The summed E-state index contributed by atoms with van der Waals surface area (Å²) in [4.78, 5) is 11.6. The molecule has 22 heavy (non-hydrogen) atoms. The zero-order valence-corrected chi connectivity index (χ0v) is 12.7. The quantitative estimate of drug-likeness (QED) is 0.837. The SMILES string of the molecule is COc1cc([C@@H](NC(=O)OC(C)(C)C)C(F)(F)F)ccc1N. The van der Waals surface area contributed by atoms with Gasteiger partial charge in [-0.25, -0.2) is 4.79 Å². The number of halogens is 3. The highest BCUT2D eigenvalue weighted by atomic mass is 19.4. The maximum atomic E-state index is 13.2. The summed E-state index contributed by atoms with van der Waals surface area (Å²) in [6, 6.07) is 1.36. The van der Waals surface area contributed by atoms with E-state index in [0.717, 1.165) is 6.07 Å². The van der Waals surface area contributed by atoms with E-state index in [1.54, 1.807) is 20.8 Å². The number of hydrogen-bond acceptors (Lipinski definition) is 4. The topological polar surface area (TPSA) is 73.6 Å². The minimum Gasteiger partial charge on any atom is -0.495 e. The zero-order valence-electron chi connectivity index (χ0n) is 12.7. The number of benzene rings is 1. The largest absolute Gasteiger partial charge is 0.495 e. The number of carbonyl (C=O) groups excluding carboxylic acids is 1. The number of hydrogen-bond donors (Lipinski definition) is 2. The molecule has 8 heteroatoms. The average Bonchev–Trinajstić information content (AvgIpc) is 2.33. The summed E-state index contributed by atoms with van der Waals surface area (Å²) in [5.41, 5.74) is 4.67. The van der Waals surface area contributed by atoms with Gasteiger partial charge >= 0.3 is 12.3 Å². The van der Waals surface area contributed by atoms with Crippen molar-refractivity contribution in [2.45, 2.75) is 38.6 Å². The van der Waals surface area contributed by atoms with Crippen molar-refractivity contribution in [1.82, 2.24) is 5.32 Å². The molecule has 1 aromatic carbocycles. The fraction of sp³-hybridized carbons (Fsp3) is 0.500. The molecular formula is C14H19F3N2O3. The lowest BCUT2D eigenvalue weighted by Crippen LogP contribution is -2.41. The van der Waals surface area contributed by atoms with Crippen molar-refractivity contribution in [3.8, 4) is 5.75 Å². The first-order valence-corrected chi connectivity index (χ1v) is 6.43. The second-order valence-electron chi connectivity index (χ2n) is 5.62. The number of nitrogens with one attached hydrogen (secondary N) is 1. The third-order valence-corrected chi connectivity index (χ3v) is 2.58. The van der Waals surface area contributed by atoms with E-state index >= 15 is 0 Å². The van der Waals surface area contributed by atoms with Gasteiger partial charge in [0.25, 0.3) is 0 Å². The Labute approximate surface area is 126 Å². The van der Waals surface area contributed by atoms with Gasteiger partial charge in [-0.3, -0.25) is 0 Å². The summed E-state index contributed by atoms with van der Waals surface area (Å²) in [5.74, 6) is 0.0951. The molecule has 0 aromatic heterocycles. The Morgan fingerprint density at radius 1 is 1.27 bits per heavy atom. The third kappa shape index (κ3) is 5.01. The summed E-state index contributed by atoms with van der Waals surface area (Å²) < 4.78 is 49.3. The van der Waals surface area contributed by atoms with Gasteiger partial charge in [-0.2, -0.15) is 13.2 Å². The normalized spacial score (nSPS) is 13.4. The summed E-state index contributed by atoms with van der Waals surface area (Å²) in [7, 11) is 1.29. The van der Waals surface area contributed by atoms with Crippen LogP contribution in [0, 0.1) is 0 Å². The Hall–Kier alpha value is -2.12. The highest BCUT2D eigenvalue weighted by molar-refractivity contribution is 5.69. The molecule has 1 aromatic rings. The molecule has 0 bridgehead atoms. The number of rotatable bonds is 3. The van der Waals surface area contributed by atoms with Crippen LogP contribution in [0.1, 0.15) is 32.4 Å². The number of nitrogens with two attached hydrogens (primary N) is 1. The molecule has 0 aliphatic heterocycles. The van der Waals surface area contributed by atoms with Crippen LogP contribution < -0.4 is 15.8 Å². The fourth-order valence-electron chi connectivity index (χ4n) is 1.69. The summed E-state index contributed by atoms with van der Waals surface area (Å²) in [6.07, 6.45) is -5.86. The van der Waals surface area contributed by atoms with Gasteiger partial charge in [-0.05, 0) is 38.5 Å². The van der Waals surface area contributed by atoms with Gasteiger partial charge in [-0.1, -0.05) is 6.07 Å². The van der Waals surface area contributed by atoms with Crippen LogP contribution in [0.15, 0.2) is 18.2 Å². The van der Waals surface area contributed by atoms with Gasteiger partial charge in [-0.15, -0.1) is 0 Å². The van der Waals surface area contributed by atoms with Gasteiger partial charge in [0.05, 0.1) is 12.8 Å². The van der Waals surface area contributed by atoms with Crippen LogP contribution in [0.5, 0.6) is 5.75 Å². The van der Waals surface area contributed by atoms with Crippen molar-refractivity contribution in [3.05, 3.63) is 23.8 Å². The lowest BCUT2D eigenvalue weighted by molar-refractivity contribution is -0.157. The fourth-order valence-corrected chi connectivity index (χ4v) is 1.69. The maximum absolute atomic E-state index is 13.2. The Bertz CT molecular complexity index is 539. The molecule has 0 aliphatic carbocycles. The minimum atomic E-state index is -4.70. The molecular weight excluding hydrogens is 301 g/mol. The van der Waals surface area contributed by atoms with E-state index in [9.17, 15) is 18.0 Å². The zero-order chi connectivity index (χ0) is 17.1. The second-order valence-corrected chi connectivity index (χ2v) is 5.62. The third-order valence-electron chi connectivity index (χ3n) is 2.58. The highest BCUT2D eigenvalue weighted by Gasteiger charge is 2.43. The van der Waals surface area contributed by atoms with Crippen LogP contribution in [0.25, 0.3) is 0 Å². The second kappa shape index (κ2) is 6.33. The first-order valence-electron chi connectivity index (χ1n) is 6.43. The number of alkyl halides is 3. The highest BCUT2D eigenvalue weighted by Crippen LogP contribution is 2.35. The van der Waals surface area contributed by atoms with Gasteiger partial charge in [0.15, 0.2) is 6.04 Å². The minimum absolute atomic E-state index is 0.0951. The van der Waals surface area contributed by atoms with Gasteiger partial charge < -0.3 is 20.5 Å². The Balaban J connectivity index is 3.07. The number of anilines is 1. The lowest BCUT2D eigenvalue weighted by atomic mass is 10.1. The molecule has 0 saturated heterocycles. The van der Waals surface area contributed by atoms with Gasteiger partial charge in [0.1, 0.15) is 11.4 Å². The Morgan fingerprint density at radius 2 is 1.86 bits per heavy atom. The maximum Gasteiger partial charge on any atom is 0.412 e. The average molecular weight is 320 g/mol. The molecule has 0 fully saturated rings. The molecule has 0 saturated carbocycles. The number of carbonyl (C=O) groups is 1. The number of amides is 1. The smallest absolute Gasteiger partial charge is 0.412 e. The van der Waals surface area contributed by atoms with E-state index in [-0.39, 0.29) is 17.0 Å². The standard InChI is InChI=1S/C14H19F3N2O3/c1-13(2,3)22-12(20)19-11(14(15,16)17)8-5-6-9(18)10(7-8)21-4/h5-7,11H,18H2,1-4H3,(H,19,20)/t11-/m1/s1. The lowest BCUT2D eigenvalue weighted by Gasteiger charge is -2.25. The van der Waals surface area contributed by atoms with E-state index in [4.69, 9.17) is 15.2 Å². The van der Waals surface area contributed by atoms with Crippen LogP contribution in [0.2, 0.25) is 0 Å². The van der Waals surface area contributed by atoms with Crippen LogP contribution in [-0.4, -0.2) is 25.0 Å². The molecule has 0 aliphatic rings. The van der Waals surface area contributed by atoms with Crippen molar-refractivity contribution in [2.24, 2.45) is 0 Å². The first kappa shape index (κ1) is 17.9. The van der Waals surface area contributed by atoms with Crippen molar-refractivity contribution in [2.75, 3.05) is 12.8 Å². The molecule has 0 spiro atoms. The van der Waals surface area contributed by atoms with Gasteiger partial charge in [0.2, 0.25) is 0 Å². The predicted molar refractivity (Wildman–Crippen MR) is 75.6 cm³/mol. The van der Waals surface area contributed by atoms with Gasteiger partial charge in [0, 0.05) is 0 Å². The molecule has 0 radical (unpaired) electrons. The van der Waals surface area contributed by atoms with E-state index < -0.39 is 23.9 Å². The van der Waals surface area contributed by atoms with Crippen LogP contribution >= 0.6 is 0 Å². The monoisotopic (exact) mass is 320 g/mol.